The van der Waals surface area contributed by atoms with Gasteiger partial charge in [-0.05, 0) is 25.0 Å². The van der Waals surface area contributed by atoms with E-state index in [4.69, 9.17) is 11.3 Å². The van der Waals surface area contributed by atoms with E-state index in [1.807, 2.05) is 54.6 Å². The Morgan fingerprint density at radius 3 is 2.26 bits per heavy atom. The van der Waals surface area contributed by atoms with Crippen molar-refractivity contribution in [1.82, 2.24) is 9.80 Å². The highest BCUT2D eigenvalue weighted by Crippen LogP contribution is 2.21. The number of amides is 1. The summed E-state index contributed by atoms with van der Waals surface area (Å²) in [5.41, 5.74) is 2.83. The van der Waals surface area contributed by atoms with Gasteiger partial charge in [0.05, 0.1) is 6.57 Å². The van der Waals surface area contributed by atoms with Crippen molar-refractivity contribution in [2.75, 3.05) is 13.1 Å². The fraction of sp³-hybridized carbons (Fsp3) is 0.364. The molecular formula is C22H25N3O2. The molecule has 0 N–H and O–H groups in total. The number of hydrogen-bond donors (Lipinski definition) is 0. The molecule has 5 heteroatoms. The third kappa shape index (κ3) is 4.87. The average Bonchev–Trinajstić information content (AvgIpc) is 2.70. The molecule has 1 aliphatic heterocycles. The second kappa shape index (κ2) is 8.70. The quantitative estimate of drug-likeness (QED) is 0.752. The number of carbonyl (C=O) groups is 1. The Kier molecular flexibility index (Phi) is 6.10. The zero-order chi connectivity index (χ0) is 19.2. The highest BCUT2D eigenvalue weighted by molar-refractivity contribution is 5.68. The van der Waals surface area contributed by atoms with Gasteiger partial charge in [0, 0.05) is 31.7 Å². The van der Waals surface area contributed by atoms with Crippen LogP contribution in [0.1, 0.15) is 25.0 Å². The molecule has 0 radical (unpaired) electrons. The van der Waals surface area contributed by atoms with Crippen molar-refractivity contribution in [3.8, 4) is 0 Å². The summed E-state index contributed by atoms with van der Waals surface area (Å²) in [4.78, 5) is 20.1. The van der Waals surface area contributed by atoms with Gasteiger partial charge in [-0.3, -0.25) is 4.90 Å². The van der Waals surface area contributed by atoms with Crippen LogP contribution in [-0.2, 0) is 17.9 Å². The molecule has 1 saturated heterocycles. The number of carbonyl (C=O) groups excluding carboxylic acids is 1. The van der Waals surface area contributed by atoms with Gasteiger partial charge in [-0.25, -0.2) is 9.64 Å². The molecule has 140 valence electrons. The summed E-state index contributed by atoms with van der Waals surface area (Å²) >= 11 is 0. The van der Waals surface area contributed by atoms with Gasteiger partial charge in [0.15, 0.2) is 5.69 Å². The van der Waals surface area contributed by atoms with Crippen LogP contribution < -0.4 is 0 Å². The molecule has 2 aromatic carbocycles. The zero-order valence-electron chi connectivity index (χ0n) is 15.8. The van der Waals surface area contributed by atoms with Gasteiger partial charge >= 0.3 is 6.09 Å². The van der Waals surface area contributed by atoms with E-state index >= 15 is 0 Å². The van der Waals surface area contributed by atoms with Crippen molar-refractivity contribution in [2.24, 2.45) is 0 Å². The minimum absolute atomic E-state index is 0.235. The van der Waals surface area contributed by atoms with Gasteiger partial charge in [-0.15, -0.1) is 0 Å². The van der Waals surface area contributed by atoms with Gasteiger partial charge in [-0.1, -0.05) is 54.6 Å². The first-order valence-corrected chi connectivity index (χ1v) is 9.24. The van der Waals surface area contributed by atoms with Crippen LogP contribution in [0, 0.1) is 6.57 Å². The van der Waals surface area contributed by atoms with Crippen molar-refractivity contribution in [2.45, 2.75) is 39.1 Å². The van der Waals surface area contributed by atoms with E-state index in [9.17, 15) is 4.79 Å². The third-order valence-corrected chi connectivity index (χ3v) is 5.00. The number of hydrogen-bond acceptors (Lipinski definition) is 3. The lowest BCUT2D eigenvalue weighted by molar-refractivity contribution is 0.0210. The number of nitrogens with zero attached hydrogens (tertiary/aromatic N) is 3. The lowest BCUT2D eigenvalue weighted by atomic mass is 10.1. The smallest absolute Gasteiger partial charge is 0.410 e. The largest absolute Gasteiger partial charge is 0.445 e. The average molecular weight is 363 g/mol. The summed E-state index contributed by atoms with van der Waals surface area (Å²) in [6, 6.07) is 17.9. The highest BCUT2D eigenvalue weighted by atomic mass is 16.6. The summed E-state index contributed by atoms with van der Waals surface area (Å²) in [6.45, 7) is 13.7. The lowest BCUT2D eigenvalue weighted by Gasteiger charge is -2.44. The van der Waals surface area contributed by atoms with E-state index in [2.05, 4.69) is 23.6 Å². The van der Waals surface area contributed by atoms with E-state index in [0.717, 1.165) is 12.1 Å². The highest BCUT2D eigenvalue weighted by Gasteiger charge is 2.32. The van der Waals surface area contributed by atoms with Crippen molar-refractivity contribution in [3.05, 3.63) is 77.1 Å². The third-order valence-electron chi connectivity index (χ3n) is 5.00. The Hall–Kier alpha value is -2.84. The van der Waals surface area contributed by atoms with E-state index in [1.54, 1.807) is 4.90 Å². The van der Waals surface area contributed by atoms with Crippen molar-refractivity contribution >= 4 is 11.8 Å². The van der Waals surface area contributed by atoms with Crippen LogP contribution in [0.4, 0.5) is 10.5 Å². The molecule has 0 aromatic heterocycles. The standard InChI is InChI=1S/C22H25N3O2/c1-17-13-24(22(26)27-16-20-7-5-4-6-8-20)14-18(2)25(17)15-19-9-11-21(23-3)12-10-19/h4-12,17-18H,13-16H2,1-2H3. The number of ether oxygens (including phenoxy) is 1. The van der Waals surface area contributed by atoms with Gasteiger partial charge in [0.1, 0.15) is 6.61 Å². The first kappa shape index (κ1) is 18.9. The van der Waals surface area contributed by atoms with E-state index < -0.39 is 0 Å². The van der Waals surface area contributed by atoms with E-state index in [1.165, 1.54) is 5.56 Å². The molecule has 1 heterocycles. The topological polar surface area (TPSA) is 37.1 Å². The van der Waals surface area contributed by atoms with Crippen molar-refractivity contribution < 1.29 is 9.53 Å². The minimum atomic E-state index is -0.251. The summed E-state index contributed by atoms with van der Waals surface area (Å²) in [5, 5.41) is 0. The number of piperazine rings is 1. The van der Waals surface area contributed by atoms with Crippen molar-refractivity contribution in [1.29, 1.82) is 0 Å². The maximum absolute atomic E-state index is 12.5. The van der Waals surface area contributed by atoms with Crippen LogP contribution in [0.25, 0.3) is 4.85 Å². The summed E-state index contributed by atoms with van der Waals surface area (Å²) < 4.78 is 5.48. The Labute approximate surface area is 161 Å². The maximum Gasteiger partial charge on any atom is 0.410 e. The summed E-state index contributed by atoms with van der Waals surface area (Å²) in [7, 11) is 0. The molecule has 1 amide bonds. The molecule has 0 saturated carbocycles. The molecule has 0 aliphatic carbocycles. The fourth-order valence-electron chi connectivity index (χ4n) is 3.51. The molecule has 2 atom stereocenters. The SMILES string of the molecule is [C-]#[N+]c1ccc(CN2C(C)CN(C(=O)OCc3ccccc3)CC2C)cc1. The molecule has 1 aliphatic rings. The van der Waals surface area contributed by atoms with Crippen LogP contribution in [0.2, 0.25) is 0 Å². The summed E-state index contributed by atoms with van der Waals surface area (Å²) in [5.74, 6) is 0. The van der Waals surface area contributed by atoms with Gasteiger partial charge in [0.25, 0.3) is 0 Å². The van der Waals surface area contributed by atoms with Gasteiger partial charge in [-0.2, -0.15) is 0 Å². The predicted molar refractivity (Wildman–Crippen MR) is 105 cm³/mol. The molecule has 0 spiro atoms. The van der Waals surface area contributed by atoms with Crippen LogP contribution in [0.3, 0.4) is 0 Å². The Balaban J connectivity index is 1.55. The van der Waals surface area contributed by atoms with Crippen LogP contribution in [0.15, 0.2) is 54.6 Å². The van der Waals surface area contributed by atoms with Gasteiger partial charge < -0.3 is 9.64 Å². The fourth-order valence-corrected chi connectivity index (χ4v) is 3.51. The maximum atomic E-state index is 12.5. The van der Waals surface area contributed by atoms with Crippen LogP contribution >= 0.6 is 0 Å². The summed E-state index contributed by atoms with van der Waals surface area (Å²) in [6.07, 6.45) is -0.251. The Morgan fingerprint density at radius 2 is 1.67 bits per heavy atom. The second-order valence-corrected chi connectivity index (χ2v) is 7.09. The lowest BCUT2D eigenvalue weighted by Crippen LogP contribution is -2.57. The van der Waals surface area contributed by atoms with E-state index in [-0.39, 0.29) is 18.2 Å². The molecular weight excluding hydrogens is 338 g/mol. The van der Waals surface area contributed by atoms with E-state index in [0.29, 0.717) is 25.4 Å². The molecule has 27 heavy (non-hydrogen) atoms. The monoisotopic (exact) mass is 363 g/mol. The molecule has 1 fully saturated rings. The van der Waals surface area contributed by atoms with Gasteiger partial charge in [0.2, 0.25) is 0 Å². The van der Waals surface area contributed by atoms with Crippen molar-refractivity contribution in [3.63, 3.8) is 0 Å². The zero-order valence-corrected chi connectivity index (χ0v) is 15.8. The number of benzene rings is 2. The molecule has 0 bridgehead atoms. The normalized spacial score (nSPS) is 20.1. The first-order chi connectivity index (χ1) is 13.1. The predicted octanol–water partition coefficient (Wildman–Crippen LogP) is 4.47. The molecule has 2 aromatic rings. The molecule has 5 nitrogen and oxygen atoms in total. The molecule has 3 rings (SSSR count). The van der Waals surface area contributed by atoms with Crippen LogP contribution in [-0.4, -0.2) is 41.1 Å². The minimum Gasteiger partial charge on any atom is -0.445 e. The Morgan fingerprint density at radius 1 is 1.04 bits per heavy atom. The second-order valence-electron chi connectivity index (χ2n) is 7.09. The number of rotatable bonds is 4. The molecule has 2 unspecified atom stereocenters. The van der Waals surface area contributed by atoms with Crippen LogP contribution in [0.5, 0.6) is 0 Å². The Bertz CT molecular complexity index is 787. The first-order valence-electron chi connectivity index (χ1n) is 9.24.